The highest BCUT2D eigenvalue weighted by Gasteiger charge is 2.08. The summed E-state index contributed by atoms with van der Waals surface area (Å²) in [6.07, 6.45) is 1.12. The molecule has 1 aliphatic heterocycles. The number of nitrogens with zero attached hydrogens (tertiary/aromatic N) is 1. The molecule has 1 aromatic carbocycles. The molecule has 0 aliphatic carbocycles. The van der Waals surface area contributed by atoms with Crippen molar-refractivity contribution in [1.82, 2.24) is 10.2 Å². The number of hydrogen-bond acceptors (Lipinski definition) is 4. The van der Waals surface area contributed by atoms with Gasteiger partial charge in [-0.15, -0.1) is 0 Å². The first kappa shape index (κ1) is 16.3. The number of benzene rings is 1. The second-order valence-electron chi connectivity index (χ2n) is 5.84. The average Bonchev–Trinajstić information content (AvgIpc) is 2.75. The van der Waals surface area contributed by atoms with E-state index in [-0.39, 0.29) is 0 Å². The zero-order chi connectivity index (χ0) is 14.9. The van der Waals surface area contributed by atoms with Crippen molar-refractivity contribution in [3.8, 4) is 5.75 Å². The fraction of sp³-hybridized carbons (Fsp3) is 0.647. The molecule has 0 radical (unpaired) electrons. The highest BCUT2D eigenvalue weighted by Crippen LogP contribution is 2.12. The third-order valence-corrected chi connectivity index (χ3v) is 3.63. The zero-order valence-electron chi connectivity index (χ0n) is 13.3. The number of rotatable bonds is 7. The Morgan fingerprint density at radius 2 is 2.00 bits per heavy atom. The Morgan fingerprint density at radius 3 is 2.76 bits per heavy atom. The molecule has 0 unspecified atom stereocenters. The standard InChI is InChI=1S/C17H28N2O2/c1-15(2)18-14-16-4-6-17(7-5-16)21-13-10-19-8-3-11-20-12-9-19/h4-7,15,18H,3,8-14H2,1-2H3. The molecule has 4 nitrogen and oxygen atoms in total. The summed E-state index contributed by atoms with van der Waals surface area (Å²) in [4.78, 5) is 2.41. The van der Waals surface area contributed by atoms with Crippen molar-refractivity contribution in [3.05, 3.63) is 29.8 Å². The molecule has 0 spiro atoms. The number of ether oxygens (including phenoxy) is 2. The van der Waals surface area contributed by atoms with Crippen molar-refractivity contribution in [3.63, 3.8) is 0 Å². The summed E-state index contributed by atoms with van der Waals surface area (Å²) in [6, 6.07) is 8.89. The molecular weight excluding hydrogens is 264 g/mol. The van der Waals surface area contributed by atoms with Gasteiger partial charge in [-0.2, -0.15) is 0 Å². The molecule has 21 heavy (non-hydrogen) atoms. The van der Waals surface area contributed by atoms with Crippen molar-refractivity contribution in [2.24, 2.45) is 0 Å². The van der Waals surface area contributed by atoms with Crippen LogP contribution in [0, 0.1) is 0 Å². The Labute approximate surface area is 128 Å². The van der Waals surface area contributed by atoms with Gasteiger partial charge in [0.1, 0.15) is 12.4 Å². The summed E-state index contributed by atoms with van der Waals surface area (Å²) in [5.74, 6) is 0.953. The van der Waals surface area contributed by atoms with E-state index in [1.54, 1.807) is 0 Å². The molecule has 0 bridgehead atoms. The van der Waals surface area contributed by atoms with Gasteiger partial charge in [-0.25, -0.2) is 0 Å². The Kier molecular flexibility index (Phi) is 7.00. The molecule has 4 heteroatoms. The first-order chi connectivity index (χ1) is 10.2. The minimum atomic E-state index is 0.513. The quantitative estimate of drug-likeness (QED) is 0.836. The van der Waals surface area contributed by atoms with Gasteiger partial charge in [0, 0.05) is 38.8 Å². The molecule has 1 aromatic rings. The molecule has 0 aromatic heterocycles. The lowest BCUT2D eigenvalue weighted by atomic mass is 10.2. The molecule has 1 N–H and O–H groups in total. The van der Waals surface area contributed by atoms with Crippen LogP contribution >= 0.6 is 0 Å². The van der Waals surface area contributed by atoms with Gasteiger partial charge in [-0.05, 0) is 24.1 Å². The zero-order valence-corrected chi connectivity index (χ0v) is 13.3. The lowest BCUT2D eigenvalue weighted by molar-refractivity contribution is 0.137. The van der Waals surface area contributed by atoms with Gasteiger partial charge >= 0.3 is 0 Å². The summed E-state index contributed by atoms with van der Waals surface area (Å²) in [5, 5.41) is 3.41. The van der Waals surface area contributed by atoms with Crippen LogP contribution in [0.3, 0.4) is 0 Å². The Morgan fingerprint density at radius 1 is 1.19 bits per heavy atom. The predicted molar refractivity (Wildman–Crippen MR) is 85.8 cm³/mol. The lowest BCUT2D eigenvalue weighted by Gasteiger charge is -2.19. The van der Waals surface area contributed by atoms with Gasteiger partial charge in [0.2, 0.25) is 0 Å². The van der Waals surface area contributed by atoms with Crippen LogP contribution in [0.4, 0.5) is 0 Å². The third kappa shape index (κ3) is 6.46. The molecule has 118 valence electrons. The lowest BCUT2D eigenvalue weighted by Crippen LogP contribution is -2.30. The Bertz CT molecular complexity index is 384. The van der Waals surface area contributed by atoms with Crippen molar-refractivity contribution >= 4 is 0 Å². The van der Waals surface area contributed by atoms with E-state index in [4.69, 9.17) is 9.47 Å². The molecule has 0 amide bonds. The SMILES string of the molecule is CC(C)NCc1ccc(OCCN2CCCOCC2)cc1. The number of hydrogen-bond donors (Lipinski definition) is 1. The van der Waals surface area contributed by atoms with Crippen LogP contribution in [0.1, 0.15) is 25.8 Å². The maximum absolute atomic E-state index is 5.83. The minimum absolute atomic E-state index is 0.513. The van der Waals surface area contributed by atoms with E-state index >= 15 is 0 Å². The second kappa shape index (κ2) is 9.03. The van der Waals surface area contributed by atoms with E-state index in [0.29, 0.717) is 6.04 Å². The van der Waals surface area contributed by atoms with Crippen molar-refractivity contribution in [2.45, 2.75) is 32.9 Å². The molecule has 1 heterocycles. The van der Waals surface area contributed by atoms with E-state index in [1.807, 2.05) is 0 Å². The first-order valence-electron chi connectivity index (χ1n) is 7.99. The molecule has 1 aliphatic rings. The van der Waals surface area contributed by atoms with Gasteiger partial charge in [0.15, 0.2) is 0 Å². The fourth-order valence-corrected chi connectivity index (χ4v) is 2.34. The summed E-state index contributed by atoms with van der Waals surface area (Å²) in [7, 11) is 0. The molecule has 2 rings (SSSR count). The highest BCUT2D eigenvalue weighted by atomic mass is 16.5. The second-order valence-corrected chi connectivity index (χ2v) is 5.84. The van der Waals surface area contributed by atoms with Gasteiger partial charge in [0.25, 0.3) is 0 Å². The summed E-state index contributed by atoms with van der Waals surface area (Å²) >= 11 is 0. The Balaban J connectivity index is 1.68. The summed E-state index contributed by atoms with van der Waals surface area (Å²) < 4.78 is 11.3. The summed E-state index contributed by atoms with van der Waals surface area (Å²) in [6.45, 7) is 10.8. The molecule has 1 fully saturated rings. The van der Waals surface area contributed by atoms with Gasteiger partial charge in [-0.3, -0.25) is 4.90 Å². The van der Waals surface area contributed by atoms with Crippen LogP contribution in [0.15, 0.2) is 24.3 Å². The van der Waals surface area contributed by atoms with Crippen LogP contribution in [-0.2, 0) is 11.3 Å². The minimum Gasteiger partial charge on any atom is -0.492 e. The van der Waals surface area contributed by atoms with Crippen LogP contribution in [0.2, 0.25) is 0 Å². The highest BCUT2D eigenvalue weighted by molar-refractivity contribution is 5.27. The average molecular weight is 292 g/mol. The molecule has 1 saturated heterocycles. The number of nitrogens with one attached hydrogen (secondary N) is 1. The summed E-state index contributed by atoms with van der Waals surface area (Å²) in [5.41, 5.74) is 1.29. The molecule has 0 atom stereocenters. The fourth-order valence-electron chi connectivity index (χ4n) is 2.34. The van der Waals surface area contributed by atoms with Crippen molar-refractivity contribution < 1.29 is 9.47 Å². The molecular formula is C17H28N2O2. The first-order valence-corrected chi connectivity index (χ1v) is 7.99. The smallest absolute Gasteiger partial charge is 0.119 e. The van der Waals surface area contributed by atoms with Crippen molar-refractivity contribution in [2.75, 3.05) is 39.5 Å². The van der Waals surface area contributed by atoms with Crippen LogP contribution in [0.25, 0.3) is 0 Å². The van der Waals surface area contributed by atoms with E-state index in [1.165, 1.54) is 5.56 Å². The maximum atomic E-state index is 5.83. The molecule has 0 saturated carbocycles. The van der Waals surface area contributed by atoms with Gasteiger partial charge < -0.3 is 14.8 Å². The van der Waals surface area contributed by atoms with E-state index in [0.717, 1.165) is 58.2 Å². The maximum Gasteiger partial charge on any atom is 0.119 e. The monoisotopic (exact) mass is 292 g/mol. The van der Waals surface area contributed by atoms with E-state index < -0.39 is 0 Å². The predicted octanol–water partition coefficient (Wildman–Crippen LogP) is 2.29. The van der Waals surface area contributed by atoms with Crippen molar-refractivity contribution in [1.29, 1.82) is 0 Å². The normalized spacial score (nSPS) is 16.9. The van der Waals surface area contributed by atoms with Gasteiger partial charge in [0.05, 0.1) is 6.61 Å². The van der Waals surface area contributed by atoms with Crippen LogP contribution < -0.4 is 10.1 Å². The van der Waals surface area contributed by atoms with E-state index in [9.17, 15) is 0 Å². The van der Waals surface area contributed by atoms with E-state index in [2.05, 4.69) is 48.3 Å². The van der Waals surface area contributed by atoms with Gasteiger partial charge in [-0.1, -0.05) is 26.0 Å². The Hall–Kier alpha value is -1.10. The third-order valence-electron chi connectivity index (χ3n) is 3.63. The van der Waals surface area contributed by atoms with Crippen LogP contribution in [0.5, 0.6) is 5.75 Å². The van der Waals surface area contributed by atoms with Crippen LogP contribution in [-0.4, -0.2) is 50.4 Å². The topological polar surface area (TPSA) is 33.7 Å². The largest absolute Gasteiger partial charge is 0.492 e.